The number of hydrogen-bond donors (Lipinski definition) is 1. The predicted molar refractivity (Wildman–Crippen MR) is 105 cm³/mol. The Morgan fingerprint density at radius 3 is 2.43 bits per heavy atom. The zero-order valence-corrected chi connectivity index (χ0v) is 17.5. The number of nitrogens with zero attached hydrogens (tertiary/aromatic N) is 2. The second-order valence-corrected chi connectivity index (χ2v) is 9.36. The molecule has 1 aliphatic heterocycles. The zero-order valence-electron chi connectivity index (χ0n) is 16.6. The highest BCUT2D eigenvalue weighted by atomic mass is 32.2. The molecule has 1 fully saturated rings. The van der Waals surface area contributed by atoms with Gasteiger partial charge in [0.15, 0.2) is 12.3 Å². The molecular formula is C20H28N3O4S+. The molecule has 0 radical (unpaired) electrons. The van der Waals surface area contributed by atoms with Crippen LogP contribution in [-0.4, -0.2) is 63.3 Å². The monoisotopic (exact) mass is 406 g/mol. The molecule has 1 aromatic carbocycles. The number of sulfonamides is 1. The van der Waals surface area contributed by atoms with Crippen molar-refractivity contribution < 1.29 is 22.5 Å². The van der Waals surface area contributed by atoms with Gasteiger partial charge in [-0.1, -0.05) is 6.07 Å². The standard InChI is InChI=1S/C20H27N3O4S/c1-16-6-7-19(13-17(16)2)28(25,26)23-10-8-22(9-11-23)20(24)15-21(3)14-18-5-4-12-27-18/h4-7,12-13H,8-11,14-15H2,1-3H3/p+1. The number of amides is 1. The lowest BCUT2D eigenvalue weighted by molar-refractivity contribution is -0.886. The molecule has 1 unspecified atom stereocenters. The van der Waals surface area contributed by atoms with Crippen LogP contribution in [0.1, 0.15) is 16.9 Å². The topological polar surface area (TPSA) is 75.3 Å². The maximum absolute atomic E-state index is 12.9. The van der Waals surface area contributed by atoms with Crippen molar-refractivity contribution in [1.82, 2.24) is 9.21 Å². The van der Waals surface area contributed by atoms with E-state index in [1.165, 1.54) is 4.31 Å². The molecule has 152 valence electrons. The summed E-state index contributed by atoms with van der Waals surface area (Å²) < 4.78 is 32.6. The van der Waals surface area contributed by atoms with Gasteiger partial charge in [0.25, 0.3) is 5.91 Å². The quantitative estimate of drug-likeness (QED) is 0.756. The first-order valence-electron chi connectivity index (χ1n) is 9.46. The van der Waals surface area contributed by atoms with Gasteiger partial charge >= 0.3 is 0 Å². The summed E-state index contributed by atoms with van der Waals surface area (Å²) in [5.41, 5.74) is 2.02. The molecule has 1 atom stereocenters. The van der Waals surface area contributed by atoms with Crippen LogP contribution in [0.2, 0.25) is 0 Å². The van der Waals surface area contributed by atoms with E-state index in [4.69, 9.17) is 4.42 Å². The van der Waals surface area contributed by atoms with Gasteiger partial charge in [0.05, 0.1) is 18.2 Å². The molecule has 3 rings (SSSR count). The minimum absolute atomic E-state index is 0.0345. The largest absolute Gasteiger partial charge is 0.463 e. The molecule has 1 N–H and O–H groups in total. The molecule has 2 heterocycles. The van der Waals surface area contributed by atoms with Crippen LogP contribution >= 0.6 is 0 Å². The summed E-state index contributed by atoms with van der Waals surface area (Å²) in [6, 6.07) is 8.93. The van der Waals surface area contributed by atoms with Crippen LogP contribution < -0.4 is 4.90 Å². The Labute approximate surface area is 166 Å². The minimum atomic E-state index is -3.53. The Balaban J connectivity index is 1.56. The predicted octanol–water partition coefficient (Wildman–Crippen LogP) is 0.444. The Hall–Kier alpha value is -2.16. The van der Waals surface area contributed by atoms with Crippen molar-refractivity contribution in [3.8, 4) is 0 Å². The van der Waals surface area contributed by atoms with E-state index in [2.05, 4.69) is 0 Å². The summed E-state index contributed by atoms with van der Waals surface area (Å²) in [5.74, 6) is 0.877. The third kappa shape index (κ3) is 4.63. The number of benzene rings is 1. The first kappa shape index (κ1) is 20.6. The smallest absolute Gasteiger partial charge is 0.277 e. The van der Waals surface area contributed by atoms with Gasteiger partial charge in [-0.25, -0.2) is 8.42 Å². The number of carbonyl (C=O) groups excluding carboxylic acids is 1. The van der Waals surface area contributed by atoms with Crippen molar-refractivity contribution in [2.75, 3.05) is 39.8 Å². The average molecular weight is 407 g/mol. The van der Waals surface area contributed by atoms with Crippen LogP contribution in [0, 0.1) is 13.8 Å². The van der Waals surface area contributed by atoms with Crippen molar-refractivity contribution in [2.24, 2.45) is 0 Å². The van der Waals surface area contributed by atoms with E-state index < -0.39 is 10.0 Å². The first-order chi connectivity index (χ1) is 13.3. The zero-order chi connectivity index (χ0) is 20.3. The summed E-state index contributed by atoms with van der Waals surface area (Å²) in [6.45, 7) is 6.32. The van der Waals surface area contributed by atoms with E-state index in [-0.39, 0.29) is 5.91 Å². The van der Waals surface area contributed by atoms with Crippen molar-refractivity contribution in [3.63, 3.8) is 0 Å². The fourth-order valence-corrected chi connectivity index (χ4v) is 4.85. The number of hydrogen-bond acceptors (Lipinski definition) is 4. The van der Waals surface area contributed by atoms with E-state index in [0.717, 1.165) is 21.8 Å². The van der Waals surface area contributed by atoms with Gasteiger partial charge in [-0.05, 0) is 49.2 Å². The average Bonchev–Trinajstić information content (AvgIpc) is 3.16. The third-order valence-corrected chi connectivity index (χ3v) is 7.11. The molecule has 0 saturated carbocycles. The maximum Gasteiger partial charge on any atom is 0.277 e. The van der Waals surface area contributed by atoms with Gasteiger partial charge < -0.3 is 14.2 Å². The highest BCUT2D eigenvalue weighted by molar-refractivity contribution is 7.89. The van der Waals surface area contributed by atoms with Crippen LogP contribution in [0.15, 0.2) is 45.9 Å². The number of likely N-dealkylation sites (N-methyl/N-ethyl adjacent to an activating group) is 1. The van der Waals surface area contributed by atoms with Gasteiger partial charge in [0.2, 0.25) is 10.0 Å². The molecule has 1 aromatic heterocycles. The molecule has 2 aromatic rings. The van der Waals surface area contributed by atoms with E-state index in [0.29, 0.717) is 44.2 Å². The molecule has 28 heavy (non-hydrogen) atoms. The number of nitrogens with one attached hydrogen (secondary N) is 1. The van der Waals surface area contributed by atoms with Crippen LogP contribution in [0.3, 0.4) is 0 Å². The normalized spacial score (nSPS) is 16.9. The molecule has 1 amide bonds. The lowest BCUT2D eigenvalue weighted by atomic mass is 10.1. The molecule has 1 aliphatic rings. The third-order valence-electron chi connectivity index (χ3n) is 5.22. The Kier molecular flexibility index (Phi) is 6.22. The number of piperazine rings is 1. The fourth-order valence-electron chi connectivity index (χ4n) is 3.34. The lowest BCUT2D eigenvalue weighted by Crippen LogP contribution is -3.08. The van der Waals surface area contributed by atoms with Crippen LogP contribution in [0.25, 0.3) is 0 Å². The summed E-state index contributed by atoms with van der Waals surface area (Å²) in [4.78, 5) is 15.7. The van der Waals surface area contributed by atoms with E-state index in [9.17, 15) is 13.2 Å². The van der Waals surface area contributed by atoms with E-state index >= 15 is 0 Å². The van der Waals surface area contributed by atoms with E-state index in [1.807, 2.05) is 39.1 Å². The molecule has 0 bridgehead atoms. The number of quaternary nitrogens is 1. The summed E-state index contributed by atoms with van der Waals surface area (Å²) in [7, 11) is -1.58. The van der Waals surface area contributed by atoms with Crippen molar-refractivity contribution in [3.05, 3.63) is 53.5 Å². The van der Waals surface area contributed by atoms with Gasteiger partial charge in [-0.15, -0.1) is 0 Å². The maximum atomic E-state index is 12.9. The fraction of sp³-hybridized carbons (Fsp3) is 0.450. The van der Waals surface area contributed by atoms with Crippen LogP contribution in [-0.2, 0) is 21.4 Å². The van der Waals surface area contributed by atoms with Gasteiger partial charge in [0, 0.05) is 26.2 Å². The second kappa shape index (κ2) is 8.46. The molecule has 1 saturated heterocycles. The Bertz CT molecular complexity index is 917. The second-order valence-electron chi connectivity index (χ2n) is 7.42. The highest BCUT2D eigenvalue weighted by Crippen LogP contribution is 2.20. The number of aryl methyl sites for hydroxylation is 2. The molecular weight excluding hydrogens is 378 g/mol. The minimum Gasteiger partial charge on any atom is -0.463 e. The lowest BCUT2D eigenvalue weighted by Gasteiger charge is -2.34. The number of rotatable bonds is 6. The molecule has 7 nitrogen and oxygen atoms in total. The van der Waals surface area contributed by atoms with Crippen LogP contribution in [0.4, 0.5) is 0 Å². The van der Waals surface area contributed by atoms with Gasteiger partial charge in [0.1, 0.15) is 6.54 Å². The highest BCUT2D eigenvalue weighted by Gasteiger charge is 2.31. The summed E-state index contributed by atoms with van der Waals surface area (Å²) in [6.07, 6.45) is 1.62. The van der Waals surface area contributed by atoms with Gasteiger partial charge in [-0.3, -0.25) is 4.79 Å². The summed E-state index contributed by atoms with van der Waals surface area (Å²) in [5, 5.41) is 0. The molecule has 0 spiro atoms. The Morgan fingerprint density at radius 1 is 1.11 bits per heavy atom. The van der Waals surface area contributed by atoms with Crippen molar-refractivity contribution in [2.45, 2.75) is 25.3 Å². The SMILES string of the molecule is Cc1ccc(S(=O)(=O)N2CCN(C(=O)C[NH+](C)Cc3ccco3)CC2)cc1C. The summed E-state index contributed by atoms with van der Waals surface area (Å²) >= 11 is 0. The molecule has 8 heteroatoms. The number of furan rings is 1. The first-order valence-corrected chi connectivity index (χ1v) is 10.9. The van der Waals surface area contributed by atoms with Gasteiger partial charge in [-0.2, -0.15) is 4.31 Å². The van der Waals surface area contributed by atoms with Crippen molar-refractivity contribution >= 4 is 15.9 Å². The van der Waals surface area contributed by atoms with Crippen molar-refractivity contribution in [1.29, 1.82) is 0 Å². The molecule has 0 aliphatic carbocycles. The number of carbonyl (C=O) groups is 1. The van der Waals surface area contributed by atoms with E-state index in [1.54, 1.807) is 23.3 Å². The van der Waals surface area contributed by atoms with Crippen LogP contribution in [0.5, 0.6) is 0 Å². The Morgan fingerprint density at radius 2 is 1.82 bits per heavy atom.